The van der Waals surface area contributed by atoms with E-state index in [1.807, 2.05) is 30.3 Å². The number of sulfonamides is 1. The summed E-state index contributed by atoms with van der Waals surface area (Å²) >= 11 is 0. The summed E-state index contributed by atoms with van der Waals surface area (Å²) in [6, 6.07) is 16.1. The molecule has 1 N–H and O–H groups in total. The number of carbonyl (C=O) groups is 2. The van der Waals surface area contributed by atoms with E-state index in [4.69, 9.17) is 4.74 Å². The van der Waals surface area contributed by atoms with Crippen LogP contribution in [-0.4, -0.2) is 44.3 Å². The van der Waals surface area contributed by atoms with Crippen LogP contribution in [-0.2, 0) is 30.8 Å². The largest absolute Gasteiger partial charge is 0.466 e. The van der Waals surface area contributed by atoms with Crippen LogP contribution in [0.15, 0.2) is 59.5 Å². The van der Waals surface area contributed by atoms with E-state index >= 15 is 0 Å². The number of amides is 1. The van der Waals surface area contributed by atoms with Crippen molar-refractivity contribution < 1.29 is 22.7 Å². The molecule has 2 aromatic carbocycles. The molecule has 0 radical (unpaired) electrons. The van der Waals surface area contributed by atoms with Crippen LogP contribution >= 0.6 is 0 Å². The minimum Gasteiger partial charge on any atom is -0.466 e. The molecular weight excluding hydrogens is 440 g/mol. The standard InChI is InChI=1S/C25H32N2O5S/c28-24(16-17-25(29)32-20-8-11-21-9-4-3-5-10-21)26-22-12-14-23(15-13-22)33(30,31)27-18-6-1-2-7-19-27/h3-5,9-10,12-15H,1-2,6-8,11,16-20H2,(H,26,28). The zero-order valence-electron chi connectivity index (χ0n) is 18.9. The van der Waals surface area contributed by atoms with E-state index < -0.39 is 16.0 Å². The maximum atomic E-state index is 12.8. The van der Waals surface area contributed by atoms with Crippen molar-refractivity contribution in [2.24, 2.45) is 0 Å². The SMILES string of the molecule is O=C(CCC(=O)OCCCc1ccccc1)Nc1ccc(S(=O)(=O)N2CCCCCC2)cc1. The molecule has 0 aliphatic carbocycles. The van der Waals surface area contributed by atoms with E-state index in [0.29, 0.717) is 25.4 Å². The van der Waals surface area contributed by atoms with E-state index in [2.05, 4.69) is 5.32 Å². The van der Waals surface area contributed by atoms with Crippen molar-refractivity contribution in [3.05, 3.63) is 60.2 Å². The predicted molar refractivity (Wildman–Crippen MR) is 127 cm³/mol. The third-order valence-electron chi connectivity index (χ3n) is 5.61. The van der Waals surface area contributed by atoms with Crippen molar-refractivity contribution in [3.8, 4) is 0 Å². The molecule has 1 aliphatic rings. The van der Waals surface area contributed by atoms with Crippen LogP contribution in [0.5, 0.6) is 0 Å². The van der Waals surface area contributed by atoms with Gasteiger partial charge in [-0.1, -0.05) is 43.2 Å². The molecule has 8 heteroatoms. The quantitative estimate of drug-likeness (QED) is 0.414. The van der Waals surface area contributed by atoms with Gasteiger partial charge in [0.05, 0.1) is 17.9 Å². The monoisotopic (exact) mass is 472 g/mol. The lowest BCUT2D eigenvalue weighted by molar-refractivity contribution is -0.144. The fourth-order valence-corrected chi connectivity index (χ4v) is 5.28. The molecule has 178 valence electrons. The van der Waals surface area contributed by atoms with E-state index in [1.54, 1.807) is 16.4 Å². The Morgan fingerprint density at radius 2 is 1.55 bits per heavy atom. The minimum atomic E-state index is -3.52. The number of hydrogen-bond donors (Lipinski definition) is 1. The van der Waals surface area contributed by atoms with Gasteiger partial charge in [0.25, 0.3) is 0 Å². The average Bonchev–Trinajstić information content (AvgIpc) is 3.12. The van der Waals surface area contributed by atoms with Gasteiger partial charge in [-0.2, -0.15) is 4.31 Å². The molecule has 0 bridgehead atoms. The zero-order valence-corrected chi connectivity index (χ0v) is 19.7. The molecule has 3 rings (SSSR count). The second kappa shape index (κ2) is 12.5. The van der Waals surface area contributed by atoms with Gasteiger partial charge in [-0.15, -0.1) is 0 Å². The fraction of sp³-hybridized carbons (Fsp3) is 0.440. The maximum absolute atomic E-state index is 12.8. The third kappa shape index (κ3) is 7.98. The second-order valence-electron chi connectivity index (χ2n) is 8.20. The lowest BCUT2D eigenvalue weighted by Gasteiger charge is -2.20. The number of aryl methyl sites for hydroxylation is 1. The molecular formula is C25H32N2O5S. The number of rotatable bonds is 10. The number of anilines is 1. The molecule has 2 aromatic rings. The molecule has 33 heavy (non-hydrogen) atoms. The third-order valence-corrected chi connectivity index (χ3v) is 7.53. The Morgan fingerprint density at radius 3 is 2.21 bits per heavy atom. The first-order chi connectivity index (χ1) is 15.9. The maximum Gasteiger partial charge on any atom is 0.306 e. The first kappa shape index (κ1) is 24.9. The zero-order chi connectivity index (χ0) is 23.5. The van der Waals surface area contributed by atoms with Crippen molar-refractivity contribution >= 4 is 27.6 Å². The normalized spacial score (nSPS) is 14.9. The van der Waals surface area contributed by atoms with Crippen molar-refractivity contribution in [2.75, 3.05) is 25.0 Å². The Balaban J connectivity index is 1.38. The van der Waals surface area contributed by atoms with E-state index in [9.17, 15) is 18.0 Å². The van der Waals surface area contributed by atoms with Gasteiger partial charge in [-0.05, 0) is 55.5 Å². The molecule has 7 nitrogen and oxygen atoms in total. The summed E-state index contributed by atoms with van der Waals surface area (Å²) in [5, 5.41) is 2.70. The number of esters is 1. The molecule has 0 spiro atoms. The predicted octanol–water partition coefficient (Wildman–Crippen LogP) is 4.15. The molecule has 0 saturated carbocycles. The first-order valence-electron chi connectivity index (χ1n) is 11.5. The molecule has 1 heterocycles. The smallest absolute Gasteiger partial charge is 0.306 e. The van der Waals surface area contributed by atoms with Gasteiger partial charge in [0.2, 0.25) is 15.9 Å². The summed E-state index contributed by atoms with van der Waals surface area (Å²) in [6.07, 6.45) is 5.43. The number of nitrogens with one attached hydrogen (secondary N) is 1. The van der Waals surface area contributed by atoms with Crippen molar-refractivity contribution in [2.45, 2.75) is 56.3 Å². The summed E-state index contributed by atoms with van der Waals surface area (Å²) in [6.45, 7) is 1.41. The van der Waals surface area contributed by atoms with Gasteiger partial charge in [-0.25, -0.2) is 8.42 Å². The van der Waals surface area contributed by atoms with Crippen molar-refractivity contribution in [3.63, 3.8) is 0 Å². The van der Waals surface area contributed by atoms with E-state index in [0.717, 1.165) is 38.5 Å². The van der Waals surface area contributed by atoms with E-state index in [-0.39, 0.29) is 23.6 Å². The summed E-state index contributed by atoms with van der Waals surface area (Å²) in [4.78, 5) is 24.2. The summed E-state index contributed by atoms with van der Waals surface area (Å²) in [5.41, 5.74) is 1.68. The Bertz CT molecular complexity index is 999. The number of carbonyl (C=O) groups excluding carboxylic acids is 2. The van der Waals surface area contributed by atoms with E-state index in [1.165, 1.54) is 17.7 Å². The van der Waals surface area contributed by atoms with Gasteiger partial charge < -0.3 is 10.1 Å². The topological polar surface area (TPSA) is 92.8 Å². The summed E-state index contributed by atoms with van der Waals surface area (Å²) in [5.74, 6) is -0.725. The lowest BCUT2D eigenvalue weighted by atomic mass is 10.1. The molecule has 1 amide bonds. The molecule has 0 unspecified atom stereocenters. The molecule has 1 fully saturated rings. The van der Waals surface area contributed by atoms with Crippen molar-refractivity contribution in [1.82, 2.24) is 4.31 Å². The van der Waals surface area contributed by atoms with Gasteiger partial charge in [0.15, 0.2) is 0 Å². The van der Waals surface area contributed by atoms with Crippen molar-refractivity contribution in [1.29, 1.82) is 0 Å². The Hall–Kier alpha value is -2.71. The minimum absolute atomic E-state index is 0.00140. The fourth-order valence-electron chi connectivity index (χ4n) is 3.76. The van der Waals surface area contributed by atoms with Crippen LogP contribution in [0.3, 0.4) is 0 Å². The molecule has 0 aromatic heterocycles. The Morgan fingerprint density at radius 1 is 0.879 bits per heavy atom. The van der Waals surface area contributed by atoms with Crippen LogP contribution in [0.4, 0.5) is 5.69 Å². The highest BCUT2D eigenvalue weighted by atomic mass is 32.2. The van der Waals surface area contributed by atoms with Crippen LogP contribution < -0.4 is 5.32 Å². The number of benzene rings is 2. The average molecular weight is 473 g/mol. The molecule has 1 aliphatic heterocycles. The highest BCUT2D eigenvalue weighted by Gasteiger charge is 2.25. The highest BCUT2D eigenvalue weighted by molar-refractivity contribution is 7.89. The van der Waals surface area contributed by atoms with Gasteiger partial charge in [-0.3, -0.25) is 9.59 Å². The van der Waals surface area contributed by atoms with Gasteiger partial charge >= 0.3 is 5.97 Å². The second-order valence-corrected chi connectivity index (χ2v) is 10.1. The number of nitrogens with zero attached hydrogens (tertiary/aromatic N) is 1. The number of hydrogen-bond acceptors (Lipinski definition) is 5. The Labute approximate surface area is 196 Å². The van der Waals surface area contributed by atoms with Gasteiger partial charge in [0.1, 0.15) is 0 Å². The van der Waals surface area contributed by atoms with Crippen LogP contribution in [0, 0.1) is 0 Å². The molecule has 0 atom stereocenters. The summed E-state index contributed by atoms with van der Waals surface area (Å²) < 4.78 is 32.4. The Kier molecular flexibility index (Phi) is 9.45. The van der Waals surface area contributed by atoms with Crippen LogP contribution in [0.2, 0.25) is 0 Å². The van der Waals surface area contributed by atoms with Gasteiger partial charge in [0, 0.05) is 25.2 Å². The lowest BCUT2D eigenvalue weighted by Crippen LogP contribution is -2.31. The highest BCUT2D eigenvalue weighted by Crippen LogP contribution is 2.22. The van der Waals surface area contributed by atoms with Crippen LogP contribution in [0.1, 0.15) is 50.5 Å². The summed E-state index contributed by atoms with van der Waals surface area (Å²) in [7, 11) is -3.52. The molecule has 1 saturated heterocycles. The van der Waals surface area contributed by atoms with Crippen LogP contribution in [0.25, 0.3) is 0 Å². The number of ether oxygens (including phenoxy) is 1. The first-order valence-corrected chi connectivity index (χ1v) is 13.0.